The van der Waals surface area contributed by atoms with Crippen LogP contribution in [0.25, 0.3) is 0 Å². The molecule has 1 aliphatic rings. The molecule has 1 heterocycles. The number of alkyl halides is 3. The number of hydrogen-bond acceptors (Lipinski definition) is 3. The monoisotopic (exact) mass is 535 g/mol. The molecule has 0 saturated heterocycles. The number of halogens is 5. The largest absolute Gasteiger partial charge is 0.496 e. The maximum Gasteiger partial charge on any atom is 0.416 e. The minimum absolute atomic E-state index is 0.0691. The normalized spacial score (nSPS) is 15.7. The van der Waals surface area contributed by atoms with Gasteiger partial charge in [0.25, 0.3) is 0 Å². The van der Waals surface area contributed by atoms with Crippen LogP contribution in [0, 0.1) is 5.82 Å². The molecule has 1 aromatic heterocycles. The first kappa shape index (κ1) is 26.7. The lowest BCUT2D eigenvalue weighted by Gasteiger charge is -2.36. The highest BCUT2D eigenvalue weighted by Gasteiger charge is 2.41. The van der Waals surface area contributed by atoms with E-state index in [1.165, 1.54) is 25.4 Å². The second kappa shape index (κ2) is 11.0. The molecule has 4 rings (SSSR count). The highest BCUT2D eigenvalue weighted by molar-refractivity contribution is 6.30. The summed E-state index contributed by atoms with van der Waals surface area (Å²) >= 11 is 6.05. The minimum atomic E-state index is -4.81. The molecule has 10 heteroatoms. The number of benzene rings is 2. The molecule has 0 radical (unpaired) electrons. The zero-order valence-corrected chi connectivity index (χ0v) is 20.8. The Morgan fingerprint density at radius 1 is 1.08 bits per heavy atom. The number of carbonyl (C=O) groups is 1. The number of aromatic nitrogens is 1. The number of para-hydroxylation sites is 1. The van der Waals surface area contributed by atoms with Gasteiger partial charge in [-0.15, -0.1) is 0 Å². The molecule has 0 bridgehead atoms. The maximum atomic E-state index is 14.7. The first-order valence-electron chi connectivity index (χ1n) is 11.8. The molecular weight excluding hydrogens is 510 g/mol. The van der Waals surface area contributed by atoms with Crippen molar-refractivity contribution >= 4 is 17.6 Å². The number of rotatable bonds is 7. The summed E-state index contributed by atoms with van der Waals surface area (Å²) in [5.41, 5.74) is -2.26. The van der Waals surface area contributed by atoms with Crippen molar-refractivity contribution in [3.63, 3.8) is 0 Å². The van der Waals surface area contributed by atoms with Crippen LogP contribution in [0.3, 0.4) is 0 Å². The molecule has 0 spiro atoms. The first-order valence-corrected chi connectivity index (χ1v) is 12.2. The third-order valence-electron chi connectivity index (χ3n) is 6.55. The van der Waals surface area contributed by atoms with Gasteiger partial charge in [0.2, 0.25) is 0 Å². The van der Waals surface area contributed by atoms with Gasteiger partial charge < -0.3 is 15.4 Å². The van der Waals surface area contributed by atoms with Crippen LogP contribution in [0.5, 0.6) is 5.75 Å². The Balaban J connectivity index is 1.93. The van der Waals surface area contributed by atoms with Crippen molar-refractivity contribution in [3.8, 4) is 5.75 Å². The highest BCUT2D eigenvalue weighted by atomic mass is 35.5. The molecule has 2 N–H and O–H groups in total. The number of urea groups is 1. The van der Waals surface area contributed by atoms with E-state index in [-0.39, 0.29) is 23.7 Å². The number of methoxy groups -OCH3 is 1. The van der Waals surface area contributed by atoms with Crippen LogP contribution < -0.4 is 15.4 Å². The first-order chi connectivity index (χ1) is 17.6. The van der Waals surface area contributed by atoms with Gasteiger partial charge in [-0.3, -0.25) is 4.98 Å². The third-order valence-corrected chi connectivity index (χ3v) is 6.77. The van der Waals surface area contributed by atoms with Gasteiger partial charge >= 0.3 is 12.2 Å². The second-order valence-corrected chi connectivity index (χ2v) is 9.50. The average Bonchev–Trinajstić information content (AvgIpc) is 3.36. The quantitative estimate of drug-likeness (QED) is 0.334. The molecule has 1 fully saturated rings. The summed E-state index contributed by atoms with van der Waals surface area (Å²) in [5.74, 6) is -0.646. The summed E-state index contributed by atoms with van der Waals surface area (Å²) in [6.45, 7) is 0. The predicted molar refractivity (Wildman–Crippen MR) is 132 cm³/mol. The second-order valence-electron chi connectivity index (χ2n) is 9.06. The van der Waals surface area contributed by atoms with Crippen molar-refractivity contribution in [1.82, 2.24) is 15.6 Å². The number of nitrogens with one attached hydrogen (secondary N) is 2. The number of pyridine rings is 1. The summed E-state index contributed by atoms with van der Waals surface area (Å²) in [5, 5.41) is 6.07. The van der Waals surface area contributed by atoms with Crippen LogP contribution in [-0.2, 0) is 18.1 Å². The van der Waals surface area contributed by atoms with E-state index in [1.54, 1.807) is 24.3 Å². The Morgan fingerprint density at radius 2 is 1.78 bits per heavy atom. The van der Waals surface area contributed by atoms with Gasteiger partial charge in [-0.1, -0.05) is 42.6 Å². The number of nitrogens with zero attached hydrogens (tertiary/aromatic N) is 1. The van der Waals surface area contributed by atoms with E-state index in [0.717, 1.165) is 37.8 Å². The molecule has 37 heavy (non-hydrogen) atoms. The van der Waals surface area contributed by atoms with E-state index in [2.05, 4.69) is 15.6 Å². The number of hydrogen-bond donors (Lipinski definition) is 2. The lowest BCUT2D eigenvalue weighted by molar-refractivity contribution is -0.137. The van der Waals surface area contributed by atoms with Crippen LogP contribution in [0.4, 0.5) is 22.4 Å². The number of ether oxygens (including phenoxy) is 1. The summed E-state index contributed by atoms with van der Waals surface area (Å²) in [7, 11) is 1.46. The molecule has 3 aromatic rings. The highest BCUT2D eigenvalue weighted by Crippen LogP contribution is 2.39. The predicted octanol–water partition coefficient (Wildman–Crippen LogP) is 6.63. The molecule has 2 aromatic carbocycles. The van der Waals surface area contributed by atoms with E-state index in [9.17, 15) is 22.4 Å². The molecule has 1 aliphatic carbocycles. The molecule has 2 amide bonds. The van der Waals surface area contributed by atoms with Crippen molar-refractivity contribution in [2.24, 2.45) is 0 Å². The fourth-order valence-electron chi connectivity index (χ4n) is 4.77. The zero-order chi connectivity index (χ0) is 26.6. The molecule has 1 saturated carbocycles. The van der Waals surface area contributed by atoms with E-state index in [4.69, 9.17) is 16.3 Å². The van der Waals surface area contributed by atoms with Gasteiger partial charge in [-0.25, -0.2) is 9.18 Å². The molecule has 0 unspecified atom stereocenters. The van der Waals surface area contributed by atoms with Crippen LogP contribution in [0.1, 0.15) is 48.1 Å². The lowest BCUT2D eigenvalue weighted by atomic mass is 9.79. The topological polar surface area (TPSA) is 63.2 Å². The molecule has 5 nitrogen and oxygen atoms in total. The number of amides is 2. The van der Waals surface area contributed by atoms with Crippen molar-refractivity contribution in [3.05, 3.63) is 94.0 Å². The summed E-state index contributed by atoms with van der Waals surface area (Å²) in [6.07, 6.45) is -0.0379. The smallest absolute Gasteiger partial charge is 0.416 e. The summed E-state index contributed by atoms with van der Waals surface area (Å²) in [6, 6.07) is 11.5. The minimum Gasteiger partial charge on any atom is -0.496 e. The Labute approximate surface area is 217 Å². The van der Waals surface area contributed by atoms with Gasteiger partial charge in [-0.2, -0.15) is 13.2 Å². The Morgan fingerprint density at radius 3 is 2.43 bits per heavy atom. The van der Waals surface area contributed by atoms with Crippen molar-refractivity contribution in [1.29, 1.82) is 0 Å². The molecule has 196 valence electrons. The molecule has 0 aliphatic heterocycles. The fraction of sp³-hybridized carbons (Fsp3) is 0.333. The van der Waals surface area contributed by atoms with E-state index in [0.29, 0.717) is 22.4 Å². The van der Waals surface area contributed by atoms with E-state index >= 15 is 0 Å². The Kier molecular flexibility index (Phi) is 7.92. The van der Waals surface area contributed by atoms with Gasteiger partial charge in [0.15, 0.2) is 0 Å². The zero-order valence-electron chi connectivity index (χ0n) is 20.0. The summed E-state index contributed by atoms with van der Waals surface area (Å²) in [4.78, 5) is 17.7. The van der Waals surface area contributed by atoms with Crippen LogP contribution in [0.15, 0.2) is 60.8 Å². The number of carbonyl (C=O) groups excluding carboxylic acids is 1. The van der Waals surface area contributed by atoms with Crippen LogP contribution in [0.2, 0.25) is 5.02 Å². The van der Waals surface area contributed by atoms with Gasteiger partial charge in [-0.05, 0) is 60.4 Å². The van der Waals surface area contributed by atoms with Crippen molar-refractivity contribution in [2.45, 2.75) is 49.9 Å². The lowest BCUT2D eigenvalue weighted by Crippen LogP contribution is -2.54. The fourth-order valence-corrected chi connectivity index (χ4v) is 4.88. The van der Waals surface area contributed by atoms with Crippen molar-refractivity contribution < 1.29 is 27.1 Å². The van der Waals surface area contributed by atoms with Crippen molar-refractivity contribution in [2.75, 3.05) is 7.11 Å². The Hall–Kier alpha value is -3.33. The van der Waals surface area contributed by atoms with Gasteiger partial charge in [0, 0.05) is 18.7 Å². The molecular formula is C27H26ClF4N3O2. The van der Waals surface area contributed by atoms with Gasteiger partial charge in [0.05, 0.1) is 23.4 Å². The van der Waals surface area contributed by atoms with Crippen LogP contribution >= 0.6 is 11.6 Å². The summed E-state index contributed by atoms with van der Waals surface area (Å²) < 4.78 is 61.4. The van der Waals surface area contributed by atoms with Crippen LogP contribution in [-0.4, -0.2) is 24.2 Å². The Bertz CT molecular complexity index is 1250. The molecule has 1 atom stereocenters. The van der Waals surface area contributed by atoms with E-state index in [1.807, 2.05) is 0 Å². The van der Waals surface area contributed by atoms with Gasteiger partial charge in [0.1, 0.15) is 17.1 Å². The third kappa shape index (κ3) is 6.15. The van der Waals surface area contributed by atoms with E-state index < -0.39 is 29.1 Å². The standard InChI is InChI=1S/C27H26ClF4N3O2/c1-37-23-9-5-2-6-17(23)15-26(24-11-10-20(28)16-33-24,35-25(36)34-22-7-3-4-8-22)18-12-19(27(30,31)32)14-21(29)13-18/h2,5-6,9-14,16,22H,3-4,7-8,15H2,1H3,(H2,34,35,36)/t26-/m1/s1. The SMILES string of the molecule is COc1ccccc1C[C@@](NC(=O)NC1CCCC1)(c1cc(F)cc(C(F)(F)F)c1)c1ccc(Cl)cn1. The maximum absolute atomic E-state index is 14.7. The average molecular weight is 536 g/mol.